The Balaban J connectivity index is 2.21. The maximum Gasteiger partial charge on any atom is 0.0591 e. The van der Waals surface area contributed by atoms with Crippen molar-refractivity contribution in [2.45, 2.75) is 26.3 Å². The minimum atomic E-state index is 0.373. The van der Waals surface area contributed by atoms with E-state index in [1.54, 1.807) is 0 Å². The summed E-state index contributed by atoms with van der Waals surface area (Å²) in [6, 6.07) is 8.97. The predicted octanol–water partition coefficient (Wildman–Crippen LogP) is 3.24. The highest BCUT2D eigenvalue weighted by Crippen LogP contribution is 2.13. The van der Waals surface area contributed by atoms with Crippen LogP contribution in [0.25, 0.3) is 0 Å². The van der Waals surface area contributed by atoms with Crippen molar-refractivity contribution in [1.82, 2.24) is 5.32 Å². The molecule has 0 aromatic heterocycles. The number of ether oxygens (including phenoxy) is 1. The first-order valence-corrected chi connectivity index (χ1v) is 6.22. The van der Waals surface area contributed by atoms with Gasteiger partial charge in [-0.25, -0.2) is 0 Å². The van der Waals surface area contributed by atoms with Crippen LogP contribution in [0.3, 0.4) is 0 Å². The van der Waals surface area contributed by atoms with Crippen molar-refractivity contribution in [2.75, 3.05) is 19.8 Å². The highest BCUT2D eigenvalue weighted by molar-refractivity contribution is 5.24. The molecule has 0 amide bonds. The summed E-state index contributed by atoms with van der Waals surface area (Å²) in [5, 5.41) is 3.45. The van der Waals surface area contributed by atoms with E-state index in [0.29, 0.717) is 6.04 Å². The normalized spacial score (nSPS) is 12.4. The molecule has 1 rings (SSSR count). The number of hydrogen-bond donors (Lipinski definition) is 1. The average molecular weight is 233 g/mol. The summed E-state index contributed by atoms with van der Waals surface area (Å²) >= 11 is 0. The van der Waals surface area contributed by atoms with Crippen LogP contribution in [0.2, 0.25) is 0 Å². The Morgan fingerprint density at radius 1 is 1.41 bits per heavy atom. The topological polar surface area (TPSA) is 21.3 Å². The number of nitrogens with one attached hydrogen (secondary N) is 1. The first-order chi connectivity index (χ1) is 8.24. The van der Waals surface area contributed by atoms with Crippen LogP contribution < -0.4 is 5.32 Å². The molecule has 94 valence electrons. The second-order valence-corrected chi connectivity index (χ2v) is 4.28. The molecule has 1 atom stereocenters. The Bertz CT molecular complexity index is 335. The van der Waals surface area contributed by atoms with Crippen molar-refractivity contribution >= 4 is 0 Å². The van der Waals surface area contributed by atoms with Gasteiger partial charge in [-0.3, -0.25) is 0 Å². The van der Waals surface area contributed by atoms with E-state index in [2.05, 4.69) is 50.0 Å². The molecule has 0 aliphatic carbocycles. The third-order valence-corrected chi connectivity index (χ3v) is 2.71. The summed E-state index contributed by atoms with van der Waals surface area (Å²) in [6.45, 7) is 10.4. The third-order valence-electron chi connectivity index (χ3n) is 2.71. The molecule has 0 heterocycles. The largest absolute Gasteiger partial charge is 0.380 e. The molecular formula is C15H23NO. The Morgan fingerprint density at radius 3 is 2.94 bits per heavy atom. The zero-order valence-electron chi connectivity index (χ0n) is 10.9. The fraction of sp³-hybridized carbons (Fsp3) is 0.467. The van der Waals surface area contributed by atoms with Crippen LogP contribution in [0, 0.1) is 6.92 Å². The lowest BCUT2D eigenvalue weighted by Gasteiger charge is -2.14. The Labute approximate surface area is 105 Å². The summed E-state index contributed by atoms with van der Waals surface area (Å²) in [6.07, 6.45) is 2.80. The van der Waals surface area contributed by atoms with Gasteiger partial charge >= 0.3 is 0 Å². The Morgan fingerprint density at radius 2 is 2.24 bits per heavy atom. The van der Waals surface area contributed by atoms with Crippen LogP contribution in [0.5, 0.6) is 0 Å². The molecule has 0 aliphatic heterocycles. The highest BCUT2D eigenvalue weighted by Gasteiger charge is 2.03. The van der Waals surface area contributed by atoms with E-state index >= 15 is 0 Å². The van der Waals surface area contributed by atoms with E-state index in [9.17, 15) is 0 Å². The van der Waals surface area contributed by atoms with Gasteiger partial charge in [0.05, 0.1) is 13.2 Å². The molecule has 1 unspecified atom stereocenters. The fourth-order valence-corrected chi connectivity index (χ4v) is 1.67. The second kappa shape index (κ2) is 8.04. The van der Waals surface area contributed by atoms with Gasteiger partial charge in [0, 0.05) is 12.6 Å². The number of benzene rings is 1. The average Bonchev–Trinajstić information content (AvgIpc) is 2.33. The van der Waals surface area contributed by atoms with Crippen molar-refractivity contribution in [3.05, 3.63) is 48.0 Å². The van der Waals surface area contributed by atoms with E-state index < -0.39 is 0 Å². The first-order valence-electron chi connectivity index (χ1n) is 6.22. The number of hydrogen-bond acceptors (Lipinski definition) is 2. The van der Waals surface area contributed by atoms with Crippen LogP contribution in [0.15, 0.2) is 36.9 Å². The molecule has 1 aromatic carbocycles. The zero-order valence-corrected chi connectivity index (χ0v) is 10.9. The molecule has 17 heavy (non-hydrogen) atoms. The molecule has 0 radical (unpaired) electrons. The summed E-state index contributed by atoms with van der Waals surface area (Å²) < 4.78 is 5.45. The first kappa shape index (κ1) is 13.9. The quantitative estimate of drug-likeness (QED) is 0.550. The number of aryl methyl sites for hydroxylation is 1. The second-order valence-electron chi connectivity index (χ2n) is 4.28. The third kappa shape index (κ3) is 5.66. The van der Waals surface area contributed by atoms with Crippen molar-refractivity contribution in [1.29, 1.82) is 0 Å². The Hall–Kier alpha value is -1.12. The monoisotopic (exact) mass is 233 g/mol. The van der Waals surface area contributed by atoms with Crippen LogP contribution in [-0.4, -0.2) is 19.8 Å². The van der Waals surface area contributed by atoms with E-state index in [-0.39, 0.29) is 0 Å². The zero-order chi connectivity index (χ0) is 12.5. The molecule has 2 heteroatoms. The lowest BCUT2D eigenvalue weighted by Crippen LogP contribution is -2.23. The molecule has 1 N–H and O–H groups in total. The summed E-state index contributed by atoms with van der Waals surface area (Å²) in [5.41, 5.74) is 2.63. The maximum atomic E-state index is 5.45. The molecule has 0 aliphatic rings. The summed E-state index contributed by atoms with van der Waals surface area (Å²) in [4.78, 5) is 0. The maximum absolute atomic E-state index is 5.45. The lowest BCUT2D eigenvalue weighted by molar-refractivity contribution is 0.138. The van der Waals surface area contributed by atoms with Crippen molar-refractivity contribution in [3.63, 3.8) is 0 Å². The van der Waals surface area contributed by atoms with Gasteiger partial charge in [0.25, 0.3) is 0 Å². The SMILES string of the molecule is C=CCCOCCNC(C)c1cccc(C)c1. The Kier molecular flexibility index (Phi) is 6.60. The molecule has 0 bridgehead atoms. The standard InChI is InChI=1S/C15H23NO/c1-4-5-10-17-11-9-16-14(3)15-8-6-7-13(2)12-15/h4,6-8,12,14,16H,1,5,9-11H2,2-3H3. The van der Waals surface area contributed by atoms with Gasteiger partial charge in [0.2, 0.25) is 0 Å². The molecule has 1 aromatic rings. The lowest BCUT2D eigenvalue weighted by atomic mass is 10.1. The summed E-state index contributed by atoms with van der Waals surface area (Å²) in [5.74, 6) is 0. The van der Waals surface area contributed by atoms with Crippen molar-refractivity contribution in [3.8, 4) is 0 Å². The number of rotatable bonds is 8. The van der Waals surface area contributed by atoms with Crippen molar-refractivity contribution in [2.24, 2.45) is 0 Å². The highest BCUT2D eigenvalue weighted by atomic mass is 16.5. The molecule has 0 saturated carbocycles. The smallest absolute Gasteiger partial charge is 0.0591 e. The molecular weight excluding hydrogens is 210 g/mol. The van der Waals surface area contributed by atoms with Gasteiger partial charge in [-0.1, -0.05) is 35.9 Å². The van der Waals surface area contributed by atoms with E-state index in [1.165, 1.54) is 11.1 Å². The van der Waals surface area contributed by atoms with Crippen molar-refractivity contribution < 1.29 is 4.74 Å². The minimum Gasteiger partial charge on any atom is -0.380 e. The van der Waals surface area contributed by atoms with Crippen LogP contribution in [0.4, 0.5) is 0 Å². The predicted molar refractivity (Wildman–Crippen MR) is 73.2 cm³/mol. The fourth-order valence-electron chi connectivity index (χ4n) is 1.67. The van der Waals surface area contributed by atoms with E-state index in [0.717, 1.165) is 26.2 Å². The van der Waals surface area contributed by atoms with Crippen LogP contribution >= 0.6 is 0 Å². The van der Waals surface area contributed by atoms with Gasteiger partial charge in [0.15, 0.2) is 0 Å². The molecule has 0 fully saturated rings. The molecule has 0 saturated heterocycles. The van der Waals surface area contributed by atoms with Crippen LogP contribution in [0.1, 0.15) is 30.5 Å². The summed E-state index contributed by atoms with van der Waals surface area (Å²) in [7, 11) is 0. The van der Waals surface area contributed by atoms with Gasteiger partial charge in [0.1, 0.15) is 0 Å². The van der Waals surface area contributed by atoms with Crippen LogP contribution in [-0.2, 0) is 4.74 Å². The minimum absolute atomic E-state index is 0.373. The van der Waals surface area contributed by atoms with Gasteiger partial charge < -0.3 is 10.1 Å². The molecule has 2 nitrogen and oxygen atoms in total. The molecule has 0 spiro atoms. The van der Waals surface area contributed by atoms with Gasteiger partial charge in [-0.2, -0.15) is 0 Å². The van der Waals surface area contributed by atoms with Gasteiger partial charge in [-0.15, -0.1) is 6.58 Å². The van der Waals surface area contributed by atoms with E-state index in [1.807, 2.05) is 6.08 Å². The van der Waals surface area contributed by atoms with Gasteiger partial charge in [-0.05, 0) is 25.8 Å². The van der Waals surface area contributed by atoms with E-state index in [4.69, 9.17) is 4.74 Å².